The number of likely N-dealkylation sites (tertiary alicyclic amines) is 3. The third kappa shape index (κ3) is 3.32. The van der Waals surface area contributed by atoms with Gasteiger partial charge in [-0.3, -0.25) is 4.90 Å². The number of amides is 2. The maximum absolute atomic E-state index is 12.9. The molecule has 5 heterocycles. The van der Waals surface area contributed by atoms with Crippen molar-refractivity contribution >= 4 is 6.03 Å². The van der Waals surface area contributed by atoms with Crippen LogP contribution in [0.25, 0.3) is 0 Å². The number of nitrogens with zero attached hydrogens (tertiary/aromatic N) is 7. The van der Waals surface area contributed by atoms with Crippen molar-refractivity contribution < 1.29 is 22.5 Å². The highest BCUT2D eigenvalue weighted by atomic mass is 19.4. The molecular weight excluding hydrogens is 451 g/mol. The van der Waals surface area contributed by atoms with Crippen LogP contribution in [0.3, 0.4) is 0 Å². The van der Waals surface area contributed by atoms with Gasteiger partial charge in [-0.05, 0) is 25.7 Å². The molecule has 2 aromatic heterocycles. The Hall–Kier alpha value is -2.63. The molecule has 0 radical (unpaired) electrons. The second-order valence-electron chi connectivity index (χ2n) is 11.2. The average Bonchev–Trinajstić information content (AvgIpc) is 3.19. The molecule has 2 saturated carbocycles. The molecule has 0 aromatic carbocycles. The summed E-state index contributed by atoms with van der Waals surface area (Å²) in [5, 5.41) is 8.18. The first-order valence-electron chi connectivity index (χ1n) is 11.9. The highest BCUT2D eigenvalue weighted by molar-refractivity contribution is 5.77. The van der Waals surface area contributed by atoms with E-state index in [9.17, 15) is 18.0 Å². The summed E-state index contributed by atoms with van der Waals surface area (Å²) >= 11 is 0. The number of aromatic nitrogens is 4. The lowest BCUT2D eigenvalue weighted by Gasteiger charge is -2.63. The molecule has 0 atom stereocenters. The Morgan fingerprint density at radius 1 is 1.06 bits per heavy atom. The van der Waals surface area contributed by atoms with Gasteiger partial charge in [0.05, 0.1) is 11.7 Å². The van der Waals surface area contributed by atoms with Gasteiger partial charge in [0.15, 0.2) is 5.82 Å². The van der Waals surface area contributed by atoms with E-state index in [-0.39, 0.29) is 22.6 Å². The molecule has 2 aliphatic carbocycles. The third-order valence-corrected chi connectivity index (χ3v) is 8.17. The molecule has 0 bridgehead atoms. The summed E-state index contributed by atoms with van der Waals surface area (Å²) < 4.78 is 44.3. The molecule has 0 unspecified atom stereocenters. The van der Waals surface area contributed by atoms with E-state index in [1.807, 2.05) is 25.7 Å². The van der Waals surface area contributed by atoms with E-state index in [1.165, 1.54) is 12.8 Å². The minimum absolute atomic E-state index is 0.0722. The lowest BCUT2D eigenvalue weighted by atomic mass is 9.60. The van der Waals surface area contributed by atoms with Crippen molar-refractivity contribution in [2.45, 2.75) is 50.4 Å². The minimum Gasteiger partial charge on any atom is -0.351 e. The normalized spacial score (nSPS) is 25.7. The van der Waals surface area contributed by atoms with Crippen LogP contribution in [0.4, 0.5) is 18.0 Å². The van der Waals surface area contributed by atoms with Gasteiger partial charge in [0.25, 0.3) is 0 Å². The number of halogens is 3. The van der Waals surface area contributed by atoms with Crippen LogP contribution in [0.2, 0.25) is 0 Å². The van der Waals surface area contributed by atoms with Gasteiger partial charge in [0.1, 0.15) is 6.33 Å². The Labute approximate surface area is 193 Å². The molecule has 5 fully saturated rings. The Kier molecular flexibility index (Phi) is 4.10. The zero-order valence-corrected chi connectivity index (χ0v) is 18.7. The van der Waals surface area contributed by atoms with Crippen LogP contribution in [0, 0.1) is 10.8 Å². The third-order valence-electron chi connectivity index (χ3n) is 8.17. The molecule has 2 aromatic rings. The van der Waals surface area contributed by atoms with Crippen molar-refractivity contribution in [1.82, 2.24) is 34.6 Å². The van der Waals surface area contributed by atoms with Crippen LogP contribution in [0.5, 0.6) is 0 Å². The summed E-state index contributed by atoms with van der Waals surface area (Å²) in [4.78, 5) is 23.2. The van der Waals surface area contributed by atoms with Crippen molar-refractivity contribution in [3.8, 4) is 0 Å². The Bertz CT molecular complexity index is 1110. The van der Waals surface area contributed by atoms with E-state index in [0.717, 1.165) is 50.9 Å². The second kappa shape index (κ2) is 6.73. The lowest BCUT2D eigenvalue weighted by Crippen LogP contribution is -2.75. The number of carbonyl (C=O) groups excluding carboxylic acids is 1. The smallest absolute Gasteiger partial charge is 0.351 e. The fraction of sp³-hybridized carbons (Fsp3) is 0.727. The first kappa shape index (κ1) is 20.7. The van der Waals surface area contributed by atoms with E-state index >= 15 is 0 Å². The quantitative estimate of drug-likeness (QED) is 0.674. The number of hydrogen-bond acceptors (Lipinski definition) is 6. The molecule has 2 amide bonds. The molecule has 3 aliphatic heterocycles. The molecule has 0 N–H and O–H groups in total. The molecular formula is C22H26F3N7O2. The van der Waals surface area contributed by atoms with Crippen molar-refractivity contribution in [1.29, 1.82) is 0 Å². The molecule has 12 heteroatoms. The first-order chi connectivity index (χ1) is 16.2. The maximum Gasteiger partial charge on any atom is 0.452 e. The summed E-state index contributed by atoms with van der Waals surface area (Å²) in [5.41, 5.74) is 0.603. The lowest BCUT2D eigenvalue weighted by molar-refractivity contribution is -0.155. The van der Waals surface area contributed by atoms with Gasteiger partial charge in [-0.1, -0.05) is 5.16 Å². The number of rotatable bonds is 4. The highest BCUT2D eigenvalue weighted by Crippen LogP contribution is 2.54. The fourth-order valence-corrected chi connectivity index (χ4v) is 6.34. The molecule has 182 valence electrons. The van der Waals surface area contributed by atoms with Crippen LogP contribution >= 0.6 is 0 Å². The van der Waals surface area contributed by atoms with Crippen LogP contribution in [0.15, 0.2) is 16.9 Å². The maximum atomic E-state index is 12.9. The summed E-state index contributed by atoms with van der Waals surface area (Å²) in [6, 6.07) is 1.48. The Morgan fingerprint density at radius 2 is 1.74 bits per heavy atom. The molecule has 34 heavy (non-hydrogen) atoms. The monoisotopic (exact) mass is 477 g/mol. The van der Waals surface area contributed by atoms with Gasteiger partial charge in [0, 0.05) is 68.6 Å². The standard InChI is InChI=1S/C22H26F3N7O2/c23-22(24,25)17-3-15(28-34-17)6-29-7-21(8-29)11-31(12-21)19(33)30-9-20(10-30)4-16(5-20)32-13-26-18(27-32)14-1-2-14/h3,13-14,16H,1-2,4-12H2. The summed E-state index contributed by atoms with van der Waals surface area (Å²) in [6.45, 7) is 4.91. The van der Waals surface area contributed by atoms with E-state index in [4.69, 9.17) is 0 Å². The summed E-state index contributed by atoms with van der Waals surface area (Å²) in [5.74, 6) is 0.492. The average molecular weight is 477 g/mol. The fourth-order valence-electron chi connectivity index (χ4n) is 6.34. The molecule has 9 nitrogen and oxygen atoms in total. The van der Waals surface area contributed by atoms with Gasteiger partial charge in [-0.2, -0.15) is 18.3 Å². The van der Waals surface area contributed by atoms with Gasteiger partial charge < -0.3 is 14.3 Å². The number of urea groups is 1. The van der Waals surface area contributed by atoms with Crippen LogP contribution in [-0.4, -0.2) is 79.9 Å². The SMILES string of the molecule is O=C(N1CC2(CC(n3cnc(C4CC4)n3)C2)C1)N1CC2(CN(Cc3cc(C(F)(F)F)on3)C2)C1. The van der Waals surface area contributed by atoms with Crippen LogP contribution < -0.4 is 0 Å². The minimum atomic E-state index is -4.51. The molecule has 5 aliphatic rings. The predicted octanol–water partition coefficient (Wildman–Crippen LogP) is 2.74. The first-order valence-corrected chi connectivity index (χ1v) is 11.9. The number of hydrogen-bond donors (Lipinski definition) is 0. The van der Waals surface area contributed by atoms with E-state index in [1.54, 1.807) is 0 Å². The number of alkyl halides is 3. The number of carbonyl (C=O) groups is 1. The predicted molar refractivity (Wildman–Crippen MR) is 110 cm³/mol. The Balaban J connectivity index is 0.844. The highest BCUT2D eigenvalue weighted by Gasteiger charge is 2.58. The largest absolute Gasteiger partial charge is 0.452 e. The van der Waals surface area contributed by atoms with Crippen molar-refractivity contribution in [2.75, 3.05) is 39.3 Å². The zero-order valence-electron chi connectivity index (χ0n) is 18.7. The molecule has 3 saturated heterocycles. The van der Waals surface area contributed by atoms with Crippen molar-refractivity contribution in [3.05, 3.63) is 29.7 Å². The van der Waals surface area contributed by atoms with E-state index in [0.29, 0.717) is 31.6 Å². The zero-order chi connectivity index (χ0) is 23.3. The van der Waals surface area contributed by atoms with Gasteiger partial charge >= 0.3 is 12.2 Å². The summed E-state index contributed by atoms with van der Waals surface area (Å²) in [6.07, 6.45) is 1.88. The van der Waals surface area contributed by atoms with Crippen LogP contribution in [0.1, 0.15) is 54.9 Å². The van der Waals surface area contributed by atoms with Crippen molar-refractivity contribution in [3.63, 3.8) is 0 Å². The topological polar surface area (TPSA) is 83.5 Å². The van der Waals surface area contributed by atoms with Gasteiger partial charge in [-0.15, -0.1) is 0 Å². The van der Waals surface area contributed by atoms with E-state index in [2.05, 4.69) is 19.8 Å². The van der Waals surface area contributed by atoms with Crippen molar-refractivity contribution in [2.24, 2.45) is 10.8 Å². The summed E-state index contributed by atoms with van der Waals surface area (Å²) in [7, 11) is 0. The van der Waals surface area contributed by atoms with Gasteiger partial charge in [-0.25, -0.2) is 14.5 Å². The molecule has 7 rings (SSSR count). The molecule has 2 spiro atoms. The van der Waals surface area contributed by atoms with Gasteiger partial charge in [0.2, 0.25) is 5.76 Å². The Morgan fingerprint density at radius 3 is 2.35 bits per heavy atom. The second-order valence-corrected chi connectivity index (χ2v) is 11.2. The van der Waals surface area contributed by atoms with E-state index < -0.39 is 11.9 Å². The van der Waals surface area contributed by atoms with Crippen LogP contribution in [-0.2, 0) is 12.7 Å².